The van der Waals surface area contributed by atoms with Gasteiger partial charge in [-0.05, 0) is 66.1 Å². The molecule has 14 heavy (non-hydrogen) atoms. The Hall–Kier alpha value is 0. The van der Waals surface area contributed by atoms with Crippen molar-refractivity contribution in [3.63, 3.8) is 0 Å². The van der Waals surface area contributed by atoms with Crippen LogP contribution in [0.1, 0.15) is 46.5 Å². The van der Waals surface area contributed by atoms with E-state index in [9.17, 15) is 0 Å². The van der Waals surface area contributed by atoms with Gasteiger partial charge in [-0.15, -0.1) is 0 Å². The molecule has 0 N–H and O–H groups in total. The van der Waals surface area contributed by atoms with Gasteiger partial charge in [-0.3, -0.25) is 0 Å². The summed E-state index contributed by atoms with van der Waals surface area (Å²) < 4.78 is 0. The zero-order valence-corrected chi connectivity index (χ0v) is 9.72. The van der Waals surface area contributed by atoms with Crippen molar-refractivity contribution in [2.75, 3.05) is 0 Å². The standard InChI is InChI=1S/C14H22/c1-13(2)6-9-10(7-13)12-5-8-4-11(9)14(8,12)3/h8-12H,4-7H2,1-3H3. The predicted molar refractivity (Wildman–Crippen MR) is 57.8 cm³/mol. The van der Waals surface area contributed by atoms with E-state index >= 15 is 0 Å². The lowest BCUT2D eigenvalue weighted by atomic mass is 9.40. The van der Waals surface area contributed by atoms with E-state index in [2.05, 4.69) is 20.8 Å². The largest absolute Gasteiger partial charge is 0.0599 e. The molecule has 4 fully saturated rings. The lowest BCUT2D eigenvalue weighted by Gasteiger charge is -2.64. The summed E-state index contributed by atoms with van der Waals surface area (Å²) in [6.07, 6.45) is 6.29. The van der Waals surface area contributed by atoms with Crippen LogP contribution in [0.4, 0.5) is 0 Å². The zero-order chi connectivity index (χ0) is 9.72. The van der Waals surface area contributed by atoms with Crippen LogP contribution in [0.15, 0.2) is 0 Å². The Bertz CT molecular complexity index is 277. The fourth-order valence-electron chi connectivity index (χ4n) is 6.10. The summed E-state index contributed by atoms with van der Waals surface area (Å²) in [7, 11) is 0. The first-order valence-corrected chi connectivity index (χ1v) is 6.52. The Kier molecular flexibility index (Phi) is 1.14. The van der Waals surface area contributed by atoms with Crippen molar-refractivity contribution in [3.8, 4) is 0 Å². The summed E-state index contributed by atoms with van der Waals surface area (Å²) in [5.74, 6) is 5.74. The van der Waals surface area contributed by atoms with Gasteiger partial charge < -0.3 is 0 Å². The topological polar surface area (TPSA) is 0 Å². The molecule has 0 radical (unpaired) electrons. The molecule has 4 aliphatic carbocycles. The van der Waals surface area contributed by atoms with Crippen LogP contribution in [0.2, 0.25) is 0 Å². The van der Waals surface area contributed by atoms with E-state index in [4.69, 9.17) is 0 Å². The molecule has 4 rings (SSSR count). The quantitative estimate of drug-likeness (QED) is 0.546. The minimum Gasteiger partial charge on any atom is -0.0599 e. The minimum absolute atomic E-state index is 0.678. The molecule has 0 aromatic carbocycles. The van der Waals surface area contributed by atoms with Gasteiger partial charge in [0.2, 0.25) is 0 Å². The molecule has 78 valence electrons. The summed E-state index contributed by atoms with van der Waals surface area (Å²) in [6.45, 7) is 7.61. The van der Waals surface area contributed by atoms with Gasteiger partial charge in [-0.2, -0.15) is 0 Å². The van der Waals surface area contributed by atoms with Gasteiger partial charge in [0, 0.05) is 0 Å². The van der Waals surface area contributed by atoms with E-state index < -0.39 is 0 Å². The van der Waals surface area contributed by atoms with Crippen LogP contribution >= 0.6 is 0 Å². The van der Waals surface area contributed by atoms with Crippen LogP contribution in [0.5, 0.6) is 0 Å². The molecular formula is C14H22. The Balaban J connectivity index is 1.72. The summed E-state index contributed by atoms with van der Waals surface area (Å²) in [6, 6.07) is 0. The van der Waals surface area contributed by atoms with E-state index in [1.54, 1.807) is 25.7 Å². The molecule has 0 amide bonds. The number of hydrogen-bond donors (Lipinski definition) is 0. The van der Waals surface area contributed by atoms with Gasteiger partial charge in [0.1, 0.15) is 0 Å². The predicted octanol–water partition coefficient (Wildman–Crippen LogP) is 3.71. The van der Waals surface area contributed by atoms with E-state index in [1.807, 2.05) is 0 Å². The summed E-state index contributed by atoms with van der Waals surface area (Å²) in [4.78, 5) is 0. The van der Waals surface area contributed by atoms with Crippen molar-refractivity contribution in [2.45, 2.75) is 46.5 Å². The summed E-state index contributed by atoms with van der Waals surface area (Å²) >= 11 is 0. The Morgan fingerprint density at radius 1 is 0.857 bits per heavy atom. The molecule has 0 nitrogen and oxygen atoms in total. The van der Waals surface area contributed by atoms with Crippen molar-refractivity contribution in [2.24, 2.45) is 40.4 Å². The zero-order valence-electron chi connectivity index (χ0n) is 9.72. The normalized spacial score (nSPS) is 66.6. The summed E-state index contributed by atoms with van der Waals surface area (Å²) in [5, 5.41) is 0. The Morgan fingerprint density at radius 3 is 1.79 bits per heavy atom. The highest BCUT2D eigenvalue weighted by Crippen LogP contribution is 2.81. The Morgan fingerprint density at radius 2 is 1.36 bits per heavy atom. The first-order valence-electron chi connectivity index (χ1n) is 6.52. The van der Waals surface area contributed by atoms with Crippen molar-refractivity contribution < 1.29 is 0 Å². The second-order valence-corrected chi connectivity index (χ2v) is 7.65. The maximum absolute atomic E-state index is 2.62. The molecule has 0 heterocycles. The minimum atomic E-state index is 0.678. The van der Waals surface area contributed by atoms with Crippen LogP contribution in [-0.2, 0) is 0 Å². The smallest absolute Gasteiger partial charge is 0.0235 e. The monoisotopic (exact) mass is 190 g/mol. The molecule has 0 aromatic rings. The average Bonchev–Trinajstić information content (AvgIpc) is 2.34. The molecule has 4 unspecified atom stereocenters. The molecule has 0 bridgehead atoms. The van der Waals surface area contributed by atoms with E-state index in [0.717, 1.165) is 35.0 Å². The fourth-order valence-corrected chi connectivity index (χ4v) is 6.10. The first kappa shape index (κ1) is 8.19. The van der Waals surface area contributed by atoms with Gasteiger partial charge in [-0.1, -0.05) is 20.8 Å². The maximum atomic E-state index is 2.62. The van der Waals surface area contributed by atoms with Gasteiger partial charge in [0.15, 0.2) is 0 Å². The molecule has 0 saturated heterocycles. The first-order chi connectivity index (χ1) is 6.52. The number of rotatable bonds is 0. The molecule has 4 saturated carbocycles. The van der Waals surface area contributed by atoms with Crippen molar-refractivity contribution in [1.82, 2.24) is 0 Å². The molecule has 4 aliphatic rings. The van der Waals surface area contributed by atoms with E-state index in [0.29, 0.717) is 5.41 Å². The van der Waals surface area contributed by atoms with Crippen LogP contribution in [0.3, 0.4) is 0 Å². The molecule has 0 aromatic heterocycles. The maximum Gasteiger partial charge on any atom is -0.0235 e. The van der Waals surface area contributed by atoms with Crippen molar-refractivity contribution in [3.05, 3.63) is 0 Å². The van der Waals surface area contributed by atoms with Gasteiger partial charge >= 0.3 is 0 Å². The lowest BCUT2D eigenvalue weighted by molar-refractivity contribution is -0.160. The second-order valence-electron chi connectivity index (χ2n) is 7.65. The number of hydrogen-bond acceptors (Lipinski definition) is 0. The Labute approximate surface area is 87.5 Å². The fraction of sp³-hybridized carbons (Fsp3) is 1.00. The van der Waals surface area contributed by atoms with Crippen molar-refractivity contribution >= 4 is 0 Å². The lowest BCUT2D eigenvalue weighted by Crippen LogP contribution is -2.58. The second kappa shape index (κ2) is 1.95. The average molecular weight is 190 g/mol. The van der Waals surface area contributed by atoms with Gasteiger partial charge in [-0.25, -0.2) is 0 Å². The summed E-state index contributed by atoms with van der Waals surface area (Å²) in [5.41, 5.74) is 1.53. The highest BCUT2D eigenvalue weighted by molar-refractivity contribution is 5.22. The van der Waals surface area contributed by atoms with Crippen LogP contribution in [-0.4, -0.2) is 0 Å². The third kappa shape index (κ3) is 0.630. The molecule has 0 aliphatic heterocycles. The molecule has 0 heteroatoms. The highest BCUT2D eigenvalue weighted by Gasteiger charge is 2.74. The molecular weight excluding hydrogens is 168 g/mol. The van der Waals surface area contributed by atoms with Crippen molar-refractivity contribution in [1.29, 1.82) is 0 Å². The molecule has 4 atom stereocenters. The van der Waals surface area contributed by atoms with Crippen LogP contribution in [0.25, 0.3) is 0 Å². The van der Waals surface area contributed by atoms with Crippen LogP contribution < -0.4 is 0 Å². The SMILES string of the molecule is CC1(C)CC2C(C1)C1CC3CC2C31C. The van der Waals surface area contributed by atoms with Gasteiger partial charge in [0.25, 0.3) is 0 Å². The molecule has 0 spiro atoms. The van der Waals surface area contributed by atoms with Crippen LogP contribution in [0, 0.1) is 40.4 Å². The number of fused-ring (bicyclic) bond motifs is 3. The van der Waals surface area contributed by atoms with Gasteiger partial charge in [0.05, 0.1) is 0 Å². The van der Waals surface area contributed by atoms with E-state index in [1.165, 1.54) is 0 Å². The third-order valence-corrected chi connectivity index (χ3v) is 6.71. The highest BCUT2D eigenvalue weighted by atomic mass is 14.8. The third-order valence-electron chi connectivity index (χ3n) is 6.71. The van der Waals surface area contributed by atoms with E-state index in [-0.39, 0.29) is 0 Å².